The Morgan fingerprint density at radius 1 is 1.35 bits per heavy atom. The third-order valence-electron chi connectivity index (χ3n) is 2.31. The third-order valence-corrected chi connectivity index (χ3v) is 4.00. The van der Waals surface area contributed by atoms with E-state index in [2.05, 4.69) is 46.3 Å². The molecule has 10 heteroatoms. The van der Waals surface area contributed by atoms with Crippen molar-refractivity contribution >= 4 is 39.2 Å². The van der Waals surface area contributed by atoms with Gasteiger partial charge in [0, 0.05) is 14.7 Å². The molecule has 0 radical (unpaired) electrons. The van der Waals surface area contributed by atoms with E-state index in [0.717, 1.165) is 9.35 Å². The molecule has 8 nitrogen and oxygen atoms in total. The molecule has 0 amide bonds. The lowest BCUT2D eigenvalue weighted by molar-refractivity contribution is 0.797. The fourth-order valence-electron chi connectivity index (χ4n) is 1.49. The van der Waals surface area contributed by atoms with Gasteiger partial charge in [0.25, 0.3) is 5.95 Å². The molecular weight excluding hydrogens is 344 g/mol. The SMILES string of the molecule is Nc1nc(NCc2cc(Br)cs2)nc(-n2cncn2)n1. The molecule has 102 valence electrons. The Morgan fingerprint density at radius 2 is 2.25 bits per heavy atom. The van der Waals surface area contributed by atoms with Gasteiger partial charge in [-0.05, 0) is 22.0 Å². The fraction of sp³-hybridized carbons (Fsp3) is 0.100. The normalized spacial score (nSPS) is 10.7. The Morgan fingerprint density at radius 3 is 2.95 bits per heavy atom. The van der Waals surface area contributed by atoms with Crippen molar-refractivity contribution in [1.29, 1.82) is 0 Å². The lowest BCUT2D eigenvalue weighted by Crippen LogP contribution is -2.11. The van der Waals surface area contributed by atoms with Crippen LogP contribution in [0.2, 0.25) is 0 Å². The first kappa shape index (κ1) is 12.9. The lowest BCUT2D eigenvalue weighted by Gasteiger charge is -2.05. The first-order valence-electron chi connectivity index (χ1n) is 5.54. The van der Waals surface area contributed by atoms with E-state index in [4.69, 9.17) is 5.73 Å². The van der Waals surface area contributed by atoms with Gasteiger partial charge in [0.1, 0.15) is 12.7 Å². The molecule has 0 saturated carbocycles. The van der Waals surface area contributed by atoms with Crippen LogP contribution in [-0.4, -0.2) is 29.7 Å². The highest BCUT2D eigenvalue weighted by atomic mass is 79.9. The Labute approximate surface area is 126 Å². The number of nitrogens with zero attached hydrogens (tertiary/aromatic N) is 6. The van der Waals surface area contributed by atoms with Gasteiger partial charge in [0.2, 0.25) is 11.9 Å². The maximum Gasteiger partial charge on any atom is 0.258 e. The van der Waals surface area contributed by atoms with Gasteiger partial charge >= 0.3 is 0 Å². The Bertz CT molecular complexity index is 710. The van der Waals surface area contributed by atoms with E-state index >= 15 is 0 Å². The minimum atomic E-state index is 0.125. The summed E-state index contributed by atoms with van der Waals surface area (Å²) in [6.07, 6.45) is 2.89. The monoisotopic (exact) mass is 352 g/mol. The van der Waals surface area contributed by atoms with Crippen molar-refractivity contribution < 1.29 is 0 Å². The Balaban J connectivity index is 1.79. The predicted molar refractivity (Wildman–Crippen MR) is 78.5 cm³/mol. The van der Waals surface area contributed by atoms with E-state index in [1.165, 1.54) is 17.3 Å². The first-order chi connectivity index (χ1) is 9.70. The molecule has 0 aliphatic heterocycles. The van der Waals surface area contributed by atoms with Gasteiger partial charge in [-0.3, -0.25) is 0 Å². The predicted octanol–water partition coefficient (Wildman–Crippen LogP) is 1.47. The number of halogens is 1. The van der Waals surface area contributed by atoms with Crippen molar-refractivity contribution in [2.24, 2.45) is 0 Å². The average molecular weight is 353 g/mol. The molecule has 3 aromatic rings. The summed E-state index contributed by atoms with van der Waals surface area (Å²) in [4.78, 5) is 17.3. The topological polar surface area (TPSA) is 107 Å². The lowest BCUT2D eigenvalue weighted by atomic mass is 10.5. The molecule has 3 heterocycles. The van der Waals surface area contributed by atoms with Crippen LogP contribution in [0.3, 0.4) is 0 Å². The van der Waals surface area contributed by atoms with Crippen molar-refractivity contribution in [2.45, 2.75) is 6.54 Å². The van der Waals surface area contributed by atoms with Gasteiger partial charge in [-0.25, -0.2) is 4.98 Å². The van der Waals surface area contributed by atoms with Crippen LogP contribution in [0, 0.1) is 0 Å². The second kappa shape index (κ2) is 5.51. The van der Waals surface area contributed by atoms with E-state index in [-0.39, 0.29) is 5.95 Å². The van der Waals surface area contributed by atoms with Gasteiger partial charge in [-0.15, -0.1) is 11.3 Å². The van der Waals surface area contributed by atoms with Gasteiger partial charge in [-0.2, -0.15) is 24.7 Å². The molecule has 3 N–H and O–H groups in total. The van der Waals surface area contributed by atoms with E-state index in [1.54, 1.807) is 11.3 Å². The van der Waals surface area contributed by atoms with Crippen molar-refractivity contribution in [3.05, 3.63) is 33.5 Å². The number of nitrogen functional groups attached to an aromatic ring is 1. The number of hydrogen-bond acceptors (Lipinski definition) is 8. The molecule has 0 bridgehead atoms. The third kappa shape index (κ3) is 2.91. The number of aromatic nitrogens is 6. The molecule has 0 fully saturated rings. The zero-order valence-corrected chi connectivity index (χ0v) is 12.5. The van der Waals surface area contributed by atoms with E-state index < -0.39 is 0 Å². The van der Waals surface area contributed by atoms with Crippen LogP contribution in [-0.2, 0) is 6.54 Å². The number of nitrogens with two attached hydrogens (primary N) is 1. The summed E-state index contributed by atoms with van der Waals surface area (Å²) in [6.45, 7) is 0.608. The van der Waals surface area contributed by atoms with Gasteiger partial charge in [0.15, 0.2) is 0 Å². The molecule has 0 unspecified atom stereocenters. The smallest absolute Gasteiger partial charge is 0.258 e. The van der Waals surface area contributed by atoms with Crippen LogP contribution in [0.15, 0.2) is 28.6 Å². The van der Waals surface area contributed by atoms with Crippen LogP contribution < -0.4 is 11.1 Å². The van der Waals surface area contributed by atoms with Crippen LogP contribution in [0.25, 0.3) is 5.95 Å². The molecule has 0 saturated heterocycles. The highest BCUT2D eigenvalue weighted by Crippen LogP contribution is 2.20. The summed E-state index contributed by atoms with van der Waals surface area (Å²) >= 11 is 5.05. The largest absolute Gasteiger partial charge is 0.368 e. The molecule has 0 atom stereocenters. The van der Waals surface area contributed by atoms with Crippen LogP contribution in [0.4, 0.5) is 11.9 Å². The van der Waals surface area contributed by atoms with E-state index in [0.29, 0.717) is 18.4 Å². The number of anilines is 2. The Hall–Kier alpha value is -2.07. The summed E-state index contributed by atoms with van der Waals surface area (Å²) in [5.74, 6) is 0.845. The maximum atomic E-state index is 5.67. The van der Waals surface area contributed by atoms with Crippen molar-refractivity contribution in [3.8, 4) is 5.95 Å². The van der Waals surface area contributed by atoms with E-state index in [1.807, 2.05) is 11.4 Å². The first-order valence-corrected chi connectivity index (χ1v) is 7.21. The van der Waals surface area contributed by atoms with Crippen LogP contribution in [0.5, 0.6) is 0 Å². The van der Waals surface area contributed by atoms with Crippen LogP contribution in [0.1, 0.15) is 4.88 Å². The molecule has 0 aliphatic rings. The summed E-state index contributed by atoms with van der Waals surface area (Å²) in [7, 11) is 0. The number of hydrogen-bond donors (Lipinski definition) is 2. The molecule has 20 heavy (non-hydrogen) atoms. The summed E-state index contributed by atoms with van der Waals surface area (Å²) in [5, 5.41) is 9.07. The highest BCUT2D eigenvalue weighted by molar-refractivity contribution is 9.10. The van der Waals surface area contributed by atoms with Gasteiger partial charge in [-0.1, -0.05) is 0 Å². The zero-order chi connectivity index (χ0) is 13.9. The number of rotatable bonds is 4. The quantitative estimate of drug-likeness (QED) is 0.731. The molecular formula is C10H9BrN8S. The summed E-state index contributed by atoms with van der Waals surface area (Å²) in [6, 6.07) is 2.03. The van der Waals surface area contributed by atoms with Gasteiger partial charge in [0.05, 0.1) is 6.54 Å². The molecule has 0 aromatic carbocycles. The molecule has 3 aromatic heterocycles. The second-order valence-corrected chi connectivity index (χ2v) is 5.65. The van der Waals surface area contributed by atoms with Crippen molar-refractivity contribution in [3.63, 3.8) is 0 Å². The zero-order valence-electron chi connectivity index (χ0n) is 10.1. The molecule has 0 spiro atoms. The van der Waals surface area contributed by atoms with E-state index in [9.17, 15) is 0 Å². The molecule has 3 rings (SSSR count). The van der Waals surface area contributed by atoms with Crippen molar-refractivity contribution in [1.82, 2.24) is 29.7 Å². The Kier molecular flexibility index (Phi) is 3.56. The summed E-state index contributed by atoms with van der Waals surface area (Å²) < 4.78 is 2.48. The fourth-order valence-corrected chi connectivity index (χ4v) is 2.88. The molecule has 0 aliphatic carbocycles. The minimum Gasteiger partial charge on any atom is -0.368 e. The van der Waals surface area contributed by atoms with Crippen molar-refractivity contribution in [2.75, 3.05) is 11.1 Å². The van der Waals surface area contributed by atoms with Crippen LogP contribution >= 0.6 is 27.3 Å². The second-order valence-electron chi connectivity index (χ2n) is 3.74. The highest BCUT2D eigenvalue weighted by Gasteiger charge is 2.07. The van der Waals surface area contributed by atoms with Gasteiger partial charge < -0.3 is 11.1 Å². The standard InChI is InChI=1S/C10H9BrN8S/c11-6-1-7(20-3-6)2-14-9-16-8(12)17-10(18-9)19-5-13-4-15-19/h1,3-5H,2H2,(H3,12,14,16,17,18). The summed E-state index contributed by atoms with van der Waals surface area (Å²) in [5.41, 5.74) is 5.67. The average Bonchev–Trinajstić information content (AvgIpc) is 3.07. The number of thiophene rings is 1. The maximum absolute atomic E-state index is 5.67. The number of nitrogens with one attached hydrogen (secondary N) is 1. The minimum absolute atomic E-state index is 0.125.